The average molecular weight is 440 g/mol. The molecule has 1 aromatic heterocycles. The van der Waals surface area contributed by atoms with Gasteiger partial charge in [-0.3, -0.25) is 19.5 Å². The first-order chi connectivity index (χ1) is 14.5. The van der Waals surface area contributed by atoms with Gasteiger partial charge in [-0.25, -0.2) is 4.98 Å². The van der Waals surface area contributed by atoms with E-state index in [9.17, 15) is 14.9 Å². The third-order valence-electron chi connectivity index (χ3n) is 4.92. The second-order valence-electron chi connectivity index (χ2n) is 7.21. The minimum atomic E-state index is -0.393. The molecule has 1 atom stereocenters. The fraction of sp³-hybridized carbons (Fsp3) is 0.273. The number of hydrogen-bond donors (Lipinski definition) is 0. The van der Waals surface area contributed by atoms with Gasteiger partial charge in [0.25, 0.3) is 11.2 Å². The SMILES string of the molecule is CC1Cc2nc(SCc3cccc([N+](=O)[O-])c3)n(CCc3ccccc3)c(=O)c2S1. The molecule has 0 radical (unpaired) electrons. The molecule has 1 aliphatic rings. The Hall–Kier alpha value is -2.58. The van der Waals surface area contributed by atoms with Crippen molar-refractivity contribution in [2.24, 2.45) is 0 Å². The summed E-state index contributed by atoms with van der Waals surface area (Å²) in [5, 5.41) is 12.1. The number of nitrogens with zero attached hydrogens (tertiary/aromatic N) is 3. The van der Waals surface area contributed by atoms with Gasteiger partial charge in [-0.15, -0.1) is 11.8 Å². The van der Waals surface area contributed by atoms with Crippen molar-refractivity contribution in [2.45, 2.75) is 47.4 Å². The van der Waals surface area contributed by atoms with Gasteiger partial charge in [0, 0.05) is 36.1 Å². The molecule has 8 heteroatoms. The Morgan fingerprint density at radius 1 is 1.20 bits per heavy atom. The van der Waals surface area contributed by atoms with Crippen molar-refractivity contribution in [3.63, 3.8) is 0 Å². The number of nitro groups is 1. The minimum Gasteiger partial charge on any atom is -0.286 e. The summed E-state index contributed by atoms with van der Waals surface area (Å²) in [6.45, 7) is 2.66. The molecule has 0 N–H and O–H groups in total. The van der Waals surface area contributed by atoms with E-state index in [1.54, 1.807) is 28.5 Å². The molecule has 0 spiro atoms. The first-order valence-electron chi connectivity index (χ1n) is 9.71. The van der Waals surface area contributed by atoms with E-state index in [1.165, 1.54) is 23.4 Å². The first kappa shape index (κ1) is 20.7. The molecule has 0 saturated heterocycles. The van der Waals surface area contributed by atoms with E-state index in [0.717, 1.165) is 29.0 Å². The summed E-state index contributed by atoms with van der Waals surface area (Å²) in [6, 6.07) is 16.7. The van der Waals surface area contributed by atoms with E-state index in [-0.39, 0.29) is 11.2 Å². The highest BCUT2D eigenvalue weighted by atomic mass is 32.2. The predicted octanol–water partition coefficient (Wildman–Crippen LogP) is 4.72. The highest BCUT2D eigenvalue weighted by Gasteiger charge is 2.26. The van der Waals surface area contributed by atoms with Crippen molar-refractivity contribution in [3.05, 3.63) is 91.9 Å². The largest absolute Gasteiger partial charge is 0.286 e. The van der Waals surface area contributed by atoms with Crippen molar-refractivity contribution in [1.29, 1.82) is 0 Å². The number of thioether (sulfide) groups is 2. The van der Waals surface area contributed by atoms with Gasteiger partial charge in [-0.1, -0.05) is 61.2 Å². The van der Waals surface area contributed by atoms with Gasteiger partial charge in [-0.2, -0.15) is 0 Å². The first-order valence-corrected chi connectivity index (χ1v) is 11.6. The molecule has 1 aliphatic heterocycles. The maximum Gasteiger partial charge on any atom is 0.269 e. The fourth-order valence-electron chi connectivity index (χ4n) is 3.43. The predicted molar refractivity (Wildman–Crippen MR) is 120 cm³/mol. The zero-order chi connectivity index (χ0) is 21.1. The Labute approximate surface area is 182 Å². The second kappa shape index (κ2) is 9.06. The number of aryl methyl sites for hydroxylation is 1. The highest BCUT2D eigenvalue weighted by molar-refractivity contribution is 8.00. The van der Waals surface area contributed by atoms with Gasteiger partial charge in [0.1, 0.15) is 0 Å². The quantitative estimate of drug-likeness (QED) is 0.229. The van der Waals surface area contributed by atoms with Crippen LogP contribution in [0, 0.1) is 10.1 Å². The Morgan fingerprint density at radius 3 is 2.73 bits per heavy atom. The van der Waals surface area contributed by atoms with Crippen LogP contribution in [0.3, 0.4) is 0 Å². The lowest BCUT2D eigenvalue weighted by Crippen LogP contribution is -2.26. The topological polar surface area (TPSA) is 78.0 Å². The molecular formula is C22H21N3O3S2. The molecular weight excluding hydrogens is 418 g/mol. The Balaban J connectivity index is 1.61. The minimum absolute atomic E-state index is 0.0202. The van der Waals surface area contributed by atoms with E-state index < -0.39 is 4.92 Å². The van der Waals surface area contributed by atoms with Crippen LogP contribution in [-0.4, -0.2) is 19.7 Å². The van der Waals surface area contributed by atoms with Gasteiger partial charge in [0.05, 0.1) is 15.5 Å². The highest BCUT2D eigenvalue weighted by Crippen LogP contribution is 2.34. The number of rotatable bonds is 7. The van der Waals surface area contributed by atoms with Crippen molar-refractivity contribution in [3.8, 4) is 0 Å². The van der Waals surface area contributed by atoms with Crippen LogP contribution in [0.25, 0.3) is 0 Å². The Kier molecular flexibility index (Phi) is 6.24. The Morgan fingerprint density at radius 2 is 1.97 bits per heavy atom. The van der Waals surface area contributed by atoms with E-state index in [4.69, 9.17) is 4.98 Å². The summed E-state index contributed by atoms with van der Waals surface area (Å²) in [4.78, 5) is 29.4. The lowest BCUT2D eigenvalue weighted by Gasteiger charge is -2.14. The van der Waals surface area contributed by atoms with Crippen LogP contribution in [0.5, 0.6) is 0 Å². The number of aromatic nitrogens is 2. The van der Waals surface area contributed by atoms with Crippen molar-refractivity contribution in [1.82, 2.24) is 9.55 Å². The molecule has 154 valence electrons. The fourth-order valence-corrected chi connectivity index (χ4v) is 5.53. The summed E-state index contributed by atoms with van der Waals surface area (Å²) >= 11 is 3.06. The summed E-state index contributed by atoms with van der Waals surface area (Å²) in [7, 11) is 0. The molecule has 0 aliphatic carbocycles. The number of fused-ring (bicyclic) bond motifs is 1. The summed E-state index contributed by atoms with van der Waals surface area (Å²) in [6.07, 6.45) is 1.53. The summed E-state index contributed by atoms with van der Waals surface area (Å²) in [5.74, 6) is 0.515. The summed E-state index contributed by atoms with van der Waals surface area (Å²) < 4.78 is 1.76. The third kappa shape index (κ3) is 4.60. The van der Waals surface area contributed by atoms with Crippen LogP contribution < -0.4 is 5.56 Å². The third-order valence-corrected chi connectivity index (χ3v) is 7.18. The zero-order valence-corrected chi connectivity index (χ0v) is 18.1. The molecule has 0 saturated carbocycles. The molecule has 2 heterocycles. The average Bonchev–Trinajstić information content (AvgIpc) is 3.13. The maximum atomic E-state index is 13.2. The van der Waals surface area contributed by atoms with Gasteiger partial charge < -0.3 is 0 Å². The standard InChI is InChI=1S/C22H21N3O3S2/c1-15-12-19-20(30-15)21(26)24(11-10-16-6-3-2-4-7-16)22(23-19)29-14-17-8-5-9-18(13-17)25(27)28/h2-9,13,15H,10-12,14H2,1H3. The number of nitro benzene ring substituents is 1. The Bertz CT molecular complexity index is 1130. The van der Waals surface area contributed by atoms with Gasteiger partial charge in [-0.05, 0) is 17.5 Å². The van der Waals surface area contributed by atoms with Gasteiger partial charge >= 0.3 is 0 Å². The van der Waals surface area contributed by atoms with E-state index in [0.29, 0.717) is 22.7 Å². The number of non-ortho nitro benzene ring substituents is 1. The number of benzene rings is 2. The maximum absolute atomic E-state index is 13.2. The molecule has 0 bridgehead atoms. The molecule has 0 fully saturated rings. The normalized spacial score (nSPS) is 15.2. The van der Waals surface area contributed by atoms with E-state index in [2.05, 4.69) is 19.1 Å². The van der Waals surface area contributed by atoms with Crippen LogP contribution in [0.4, 0.5) is 5.69 Å². The lowest BCUT2D eigenvalue weighted by atomic mass is 10.1. The van der Waals surface area contributed by atoms with E-state index >= 15 is 0 Å². The zero-order valence-electron chi connectivity index (χ0n) is 16.5. The molecule has 1 unspecified atom stereocenters. The lowest BCUT2D eigenvalue weighted by molar-refractivity contribution is -0.384. The molecule has 2 aromatic carbocycles. The molecule has 4 rings (SSSR count). The van der Waals surface area contributed by atoms with Gasteiger partial charge in [0.2, 0.25) is 0 Å². The van der Waals surface area contributed by atoms with Crippen molar-refractivity contribution < 1.29 is 4.92 Å². The molecule has 30 heavy (non-hydrogen) atoms. The van der Waals surface area contributed by atoms with Crippen LogP contribution in [0.1, 0.15) is 23.7 Å². The molecule has 6 nitrogen and oxygen atoms in total. The van der Waals surface area contributed by atoms with Crippen LogP contribution >= 0.6 is 23.5 Å². The van der Waals surface area contributed by atoms with Gasteiger partial charge in [0.15, 0.2) is 5.16 Å². The smallest absolute Gasteiger partial charge is 0.269 e. The number of hydrogen-bond acceptors (Lipinski definition) is 6. The van der Waals surface area contributed by atoms with Crippen molar-refractivity contribution in [2.75, 3.05) is 0 Å². The summed E-state index contributed by atoms with van der Waals surface area (Å²) in [5.41, 5.74) is 2.96. The second-order valence-corrected chi connectivity index (χ2v) is 9.60. The van der Waals surface area contributed by atoms with Crippen LogP contribution in [0.2, 0.25) is 0 Å². The van der Waals surface area contributed by atoms with E-state index in [1.807, 2.05) is 24.3 Å². The van der Waals surface area contributed by atoms with Crippen LogP contribution in [-0.2, 0) is 25.1 Å². The molecule has 3 aromatic rings. The monoisotopic (exact) mass is 439 g/mol. The van der Waals surface area contributed by atoms with Crippen molar-refractivity contribution >= 4 is 29.2 Å². The molecule has 0 amide bonds. The van der Waals surface area contributed by atoms with Crippen LogP contribution in [0.15, 0.2) is 69.4 Å².